The third-order valence-electron chi connectivity index (χ3n) is 2.66. The lowest BCUT2D eigenvalue weighted by atomic mass is 10.4. The Morgan fingerprint density at radius 2 is 2.32 bits per heavy atom. The third-order valence-corrected chi connectivity index (χ3v) is 2.66. The van der Waals surface area contributed by atoms with Crippen molar-refractivity contribution < 1.29 is 13.9 Å². The largest absolute Gasteiger partial charge is 0.474 e. The molecule has 0 atom stereocenters. The SMILES string of the molecule is NC(=NCCOc1ncccc1F)N1CCOCC1. The number of rotatable bonds is 4. The Morgan fingerprint density at radius 3 is 3.05 bits per heavy atom. The van der Waals surface area contributed by atoms with E-state index in [-0.39, 0.29) is 12.5 Å². The molecule has 1 saturated heterocycles. The highest BCUT2D eigenvalue weighted by Crippen LogP contribution is 2.10. The summed E-state index contributed by atoms with van der Waals surface area (Å²) in [6.45, 7) is 3.39. The lowest BCUT2D eigenvalue weighted by Crippen LogP contribution is -2.45. The van der Waals surface area contributed by atoms with Gasteiger partial charge in [0.25, 0.3) is 0 Å². The van der Waals surface area contributed by atoms with Crippen molar-refractivity contribution in [3.8, 4) is 5.88 Å². The minimum absolute atomic E-state index is 0.0114. The molecule has 104 valence electrons. The first-order valence-electron chi connectivity index (χ1n) is 6.13. The molecule has 1 aromatic rings. The van der Waals surface area contributed by atoms with Crippen LogP contribution in [0.1, 0.15) is 0 Å². The Bertz CT molecular complexity index is 435. The fraction of sp³-hybridized carbons (Fsp3) is 0.500. The molecule has 1 aromatic heterocycles. The van der Waals surface area contributed by atoms with Crippen molar-refractivity contribution in [2.45, 2.75) is 0 Å². The molecular formula is C12H17FN4O2. The zero-order chi connectivity index (χ0) is 13.5. The summed E-state index contributed by atoms with van der Waals surface area (Å²) in [5.41, 5.74) is 5.83. The first-order valence-corrected chi connectivity index (χ1v) is 6.13. The molecule has 1 fully saturated rings. The van der Waals surface area contributed by atoms with Gasteiger partial charge in [0.1, 0.15) is 6.61 Å². The van der Waals surface area contributed by atoms with Crippen LogP contribution in [-0.2, 0) is 4.74 Å². The number of pyridine rings is 1. The Balaban J connectivity index is 1.75. The van der Waals surface area contributed by atoms with E-state index in [2.05, 4.69) is 9.98 Å². The summed E-state index contributed by atoms with van der Waals surface area (Å²) in [6.07, 6.45) is 1.48. The molecule has 1 aliphatic rings. The van der Waals surface area contributed by atoms with Crippen molar-refractivity contribution in [2.75, 3.05) is 39.5 Å². The maximum Gasteiger partial charge on any atom is 0.250 e. The molecule has 0 saturated carbocycles. The van der Waals surface area contributed by atoms with Gasteiger partial charge in [-0.1, -0.05) is 0 Å². The Morgan fingerprint density at radius 1 is 1.53 bits per heavy atom. The van der Waals surface area contributed by atoms with Gasteiger partial charge in [0.2, 0.25) is 5.88 Å². The predicted molar refractivity (Wildman–Crippen MR) is 68.6 cm³/mol. The molecule has 0 bridgehead atoms. The molecule has 0 unspecified atom stereocenters. The van der Waals surface area contributed by atoms with E-state index in [1.54, 1.807) is 0 Å². The van der Waals surface area contributed by atoms with Gasteiger partial charge in [-0.3, -0.25) is 0 Å². The minimum Gasteiger partial charge on any atom is -0.474 e. The van der Waals surface area contributed by atoms with Gasteiger partial charge in [-0.05, 0) is 12.1 Å². The number of guanidine groups is 1. The lowest BCUT2D eigenvalue weighted by molar-refractivity contribution is 0.0674. The maximum atomic E-state index is 13.2. The molecule has 2 N–H and O–H groups in total. The Labute approximate surface area is 111 Å². The van der Waals surface area contributed by atoms with Gasteiger partial charge in [0, 0.05) is 19.3 Å². The molecule has 0 amide bonds. The number of morpholine rings is 1. The molecule has 2 heterocycles. The van der Waals surface area contributed by atoms with Gasteiger partial charge in [-0.2, -0.15) is 0 Å². The van der Waals surface area contributed by atoms with Crippen LogP contribution in [0.2, 0.25) is 0 Å². The van der Waals surface area contributed by atoms with Gasteiger partial charge in [0.15, 0.2) is 11.8 Å². The second kappa shape index (κ2) is 6.89. The van der Waals surface area contributed by atoms with Gasteiger partial charge >= 0.3 is 0 Å². The number of halogens is 1. The van der Waals surface area contributed by atoms with Crippen molar-refractivity contribution >= 4 is 5.96 Å². The van der Waals surface area contributed by atoms with Crippen LogP contribution in [0.25, 0.3) is 0 Å². The topological polar surface area (TPSA) is 73.0 Å². The van der Waals surface area contributed by atoms with Crippen LogP contribution in [0.15, 0.2) is 23.3 Å². The zero-order valence-electron chi connectivity index (χ0n) is 10.6. The number of aromatic nitrogens is 1. The molecule has 0 aromatic carbocycles. The molecule has 19 heavy (non-hydrogen) atoms. The van der Waals surface area contributed by atoms with Crippen molar-refractivity contribution in [1.29, 1.82) is 0 Å². The second-order valence-corrected chi connectivity index (χ2v) is 3.98. The second-order valence-electron chi connectivity index (χ2n) is 3.98. The van der Waals surface area contributed by atoms with Crippen molar-refractivity contribution in [1.82, 2.24) is 9.88 Å². The van der Waals surface area contributed by atoms with E-state index in [9.17, 15) is 4.39 Å². The van der Waals surface area contributed by atoms with Crippen LogP contribution >= 0.6 is 0 Å². The molecule has 0 spiro atoms. The summed E-state index contributed by atoms with van der Waals surface area (Å²) < 4.78 is 23.6. The zero-order valence-corrected chi connectivity index (χ0v) is 10.6. The summed E-state index contributed by atoms with van der Waals surface area (Å²) >= 11 is 0. The average Bonchev–Trinajstić information content (AvgIpc) is 2.46. The maximum absolute atomic E-state index is 13.2. The highest BCUT2D eigenvalue weighted by Gasteiger charge is 2.11. The van der Waals surface area contributed by atoms with Crippen LogP contribution in [0.5, 0.6) is 5.88 Å². The molecule has 0 radical (unpaired) electrons. The normalized spacial score (nSPS) is 16.5. The first-order chi connectivity index (χ1) is 9.27. The van der Waals surface area contributed by atoms with Crippen LogP contribution in [0, 0.1) is 5.82 Å². The van der Waals surface area contributed by atoms with E-state index in [0.29, 0.717) is 25.7 Å². The number of hydrogen-bond donors (Lipinski definition) is 1. The van der Waals surface area contributed by atoms with Gasteiger partial charge in [-0.15, -0.1) is 0 Å². The van der Waals surface area contributed by atoms with E-state index in [0.717, 1.165) is 13.1 Å². The lowest BCUT2D eigenvalue weighted by Gasteiger charge is -2.27. The average molecular weight is 268 g/mol. The Kier molecular flexibility index (Phi) is 4.91. The van der Waals surface area contributed by atoms with E-state index in [4.69, 9.17) is 15.2 Å². The van der Waals surface area contributed by atoms with E-state index < -0.39 is 5.82 Å². The molecule has 6 nitrogen and oxygen atoms in total. The third kappa shape index (κ3) is 4.06. The van der Waals surface area contributed by atoms with Crippen LogP contribution in [0.4, 0.5) is 4.39 Å². The highest BCUT2D eigenvalue weighted by atomic mass is 19.1. The van der Waals surface area contributed by atoms with Crippen molar-refractivity contribution in [3.63, 3.8) is 0 Å². The number of nitrogens with two attached hydrogens (primary N) is 1. The smallest absolute Gasteiger partial charge is 0.250 e. The molecular weight excluding hydrogens is 251 g/mol. The summed E-state index contributed by atoms with van der Waals surface area (Å²) in [7, 11) is 0. The standard InChI is InChI=1S/C12H17FN4O2/c13-10-2-1-3-15-11(10)19-7-4-16-12(14)17-5-8-18-9-6-17/h1-3H,4-9H2,(H2,14,16). The van der Waals surface area contributed by atoms with E-state index in [1.165, 1.54) is 18.3 Å². The fourth-order valence-corrected chi connectivity index (χ4v) is 1.67. The highest BCUT2D eigenvalue weighted by molar-refractivity contribution is 5.78. The monoisotopic (exact) mass is 268 g/mol. The Hall–Kier alpha value is -1.89. The minimum atomic E-state index is -0.479. The number of aliphatic imine (C=N–C) groups is 1. The van der Waals surface area contributed by atoms with Crippen molar-refractivity contribution in [2.24, 2.45) is 10.7 Å². The number of nitrogens with zero attached hydrogens (tertiary/aromatic N) is 3. The summed E-state index contributed by atoms with van der Waals surface area (Å²) in [5, 5.41) is 0. The van der Waals surface area contributed by atoms with Gasteiger partial charge < -0.3 is 20.1 Å². The molecule has 7 heteroatoms. The summed E-state index contributed by atoms with van der Waals surface area (Å²) in [4.78, 5) is 9.91. The van der Waals surface area contributed by atoms with Crippen LogP contribution in [-0.4, -0.2) is 55.3 Å². The van der Waals surface area contributed by atoms with Gasteiger partial charge in [-0.25, -0.2) is 14.4 Å². The number of hydrogen-bond acceptors (Lipinski definition) is 4. The number of ether oxygens (including phenoxy) is 2. The van der Waals surface area contributed by atoms with Gasteiger partial charge in [0.05, 0.1) is 19.8 Å². The molecule has 1 aliphatic heterocycles. The van der Waals surface area contributed by atoms with Crippen LogP contribution < -0.4 is 10.5 Å². The molecule has 2 rings (SSSR count). The summed E-state index contributed by atoms with van der Waals surface area (Å²) in [6, 6.07) is 2.81. The van der Waals surface area contributed by atoms with E-state index in [1.807, 2.05) is 4.90 Å². The first kappa shape index (κ1) is 13.5. The van der Waals surface area contributed by atoms with Crippen LogP contribution in [0.3, 0.4) is 0 Å². The fourth-order valence-electron chi connectivity index (χ4n) is 1.67. The van der Waals surface area contributed by atoms with Crippen molar-refractivity contribution in [3.05, 3.63) is 24.1 Å². The summed E-state index contributed by atoms with van der Waals surface area (Å²) in [5.74, 6) is -0.0244. The quantitative estimate of drug-likeness (QED) is 0.481. The van der Waals surface area contributed by atoms with E-state index >= 15 is 0 Å². The predicted octanol–water partition coefficient (Wildman–Crippen LogP) is 0.246. The molecule has 0 aliphatic carbocycles.